The van der Waals surface area contributed by atoms with Gasteiger partial charge in [0.15, 0.2) is 11.5 Å². The van der Waals surface area contributed by atoms with E-state index in [0.717, 1.165) is 30.0 Å². The molecule has 0 bridgehead atoms. The van der Waals surface area contributed by atoms with Gasteiger partial charge in [-0.3, -0.25) is 0 Å². The number of rotatable bonds is 8. The third-order valence-corrected chi connectivity index (χ3v) is 4.62. The number of ether oxygens (including phenoxy) is 2. The molecule has 0 atom stereocenters. The molecule has 0 amide bonds. The second kappa shape index (κ2) is 8.99. The molecule has 148 valence electrons. The van der Waals surface area contributed by atoms with Crippen LogP contribution in [-0.2, 0) is 13.2 Å². The zero-order chi connectivity index (χ0) is 20.1. The molecule has 0 aliphatic heterocycles. The highest BCUT2D eigenvalue weighted by Crippen LogP contribution is 2.29. The van der Waals surface area contributed by atoms with E-state index in [-0.39, 0.29) is 5.54 Å². The van der Waals surface area contributed by atoms with Crippen molar-refractivity contribution < 1.29 is 14.8 Å². The van der Waals surface area contributed by atoms with Gasteiger partial charge in [-0.25, -0.2) is 0 Å². The van der Waals surface area contributed by atoms with Gasteiger partial charge in [0.05, 0.1) is 12.6 Å². The average Bonchev–Trinajstić information content (AvgIpc) is 2.56. The monoisotopic (exact) mass is 390 g/mol. The highest BCUT2D eigenvalue weighted by atomic mass is 35.5. The molecule has 3 nitrogen and oxygen atoms in total. The topological polar surface area (TPSA) is 35.1 Å². The molecular weight excluding hydrogens is 358 g/mol. The highest BCUT2D eigenvalue weighted by Gasteiger charge is 2.28. The average molecular weight is 391 g/mol. The van der Waals surface area contributed by atoms with Crippen molar-refractivity contribution in [2.45, 2.75) is 59.7 Å². The number of halogens is 1. The SMILES string of the molecule is COc1cc(C[NH2+]C(C)(C)CC(C)(C)C)ccc1OCc1cccc(Cl)c1. The van der Waals surface area contributed by atoms with Crippen LogP contribution in [0.25, 0.3) is 0 Å². The Balaban J connectivity index is 2.00. The first-order chi connectivity index (χ1) is 12.6. The van der Waals surface area contributed by atoms with E-state index in [9.17, 15) is 0 Å². The summed E-state index contributed by atoms with van der Waals surface area (Å²) in [5.41, 5.74) is 2.76. The summed E-state index contributed by atoms with van der Waals surface area (Å²) in [5.74, 6) is 1.51. The van der Waals surface area contributed by atoms with Crippen LogP contribution < -0.4 is 14.8 Å². The minimum absolute atomic E-state index is 0.188. The molecule has 0 aliphatic carbocycles. The molecule has 0 heterocycles. The molecule has 27 heavy (non-hydrogen) atoms. The largest absolute Gasteiger partial charge is 0.493 e. The Morgan fingerprint density at radius 2 is 1.67 bits per heavy atom. The quantitative estimate of drug-likeness (QED) is 0.671. The van der Waals surface area contributed by atoms with Crippen LogP contribution in [0, 0.1) is 5.41 Å². The normalized spacial score (nSPS) is 12.1. The van der Waals surface area contributed by atoms with E-state index >= 15 is 0 Å². The summed E-state index contributed by atoms with van der Waals surface area (Å²) in [6.45, 7) is 12.8. The molecule has 0 radical (unpaired) electrons. The highest BCUT2D eigenvalue weighted by molar-refractivity contribution is 6.30. The molecule has 0 unspecified atom stereocenters. The number of hydrogen-bond donors (Lipinski definition) is 1. The van der Waals surface area contributed by atoms with Crippen LogP contribution in [0.1, 0.15) is 52.2 Å². The Morgan fingerprint density at radius 1 is 0.926 bits per heavy atom. The van der Waals surface area contributed by atoms with E-state index in [1.165, 1.54) is 5.56 Å². The number of quaternary nitrogens is 1. The van der Waals surface area contributed by atoms with Crippen LogP contribution in [0.15, 0.2) is 42.5 Å². The molecule has 2 rings (SSSR count). The first-order valence-corrected chi connectivity index (χ1v) is 9.84. The number of benzene rings is 2. The fraction of sp³-hybridized carbons (Fsp3) is 0.478. The van der Waals surface area contributed by atoms with Crippen molar-refractivity contribution in [2.75, 3.05) is 7.11 Å². The zero-order valence-electron chi connectivity index (χ0n) is 17.4. The van der Waals surface area contributed by atoms with Gasteiger partial charge in [0, 0.05) is 17.0 Å². The maximum atomic E-state index is 6.03. The third kappa shape index (κ3) is 7.43. The van der Waals surface area contributed by atoms with Crippen molar-refractivity contribution in [2.24, 2.45) is 5.41 Å². The second-order valence-corrected chi connectivity index (χ2v) is 9.47. The molecule has 2 aromatic rings. The molecule has 0 spiro atoms. The van der Waals surface area contributed by atoms with Crippen LogP contribution in [0.2, 0.25) is 5.02 Å². The van der Waals surface area contributed by atoms with Gasteiger partial charge in [-0.15, -0.1) is 0 Å². The zero-order valence-corrected chi connectivity index (χ0v) is 18.2. The molecule has 0 fully saturated rings. The molecule has 0 aromatic heterocycles. The Bertz CT molecular complexity index is 750. The Labute approximate surface area is 169 Å². The molecule has 2 N–H and O–H groups in total. The minimum Gasteiger partial charge on any atom is -0.493 e. The molecule has 0 saturated carbocycles. The standard InChI is InChI=1S/C23H32ClNO2/c1-22(2,3)16-23(4,5)25-14-17-10-11-20(21(13-17)26-6)27-15-18-8-7-9-19(24)12-18/h7-13,25H,14-16H2,1-6H3/p+1. The fourth-order valence-corrected chi connectivity index (χ4v) is 3.79. The Kier molecular flexibility index (Phi) is 7.19. The smallest absolute Gasteiger partial charge is 0.161 e. The van der Waals surface area contributed by atoms with Crippen molar-refractivity contribution in [3.05, 3.63) is 58.6 Å². The number of methoxy groups -OCH3 is 1. The van der Waals surface area contributed by atoms with Crippen LogP contribution in [0.5, 0.6) is 11.5 Å². The summed E-state index contributed by atoms with van der Waals surface area (Å²) in [6.07, 6.45) is 1.15. The summed E-state index contributed by atoms with van der Waals surface area (Å²) in [7, 11) is 1.68. The number of nitrogens with two attached hydrogens (primary N) is 1. The van der Waals surface area contributed by atoms with Gasteiger partial charge in [0.1, 0.15) is 13.2 Å². The van der Waals surface area contributed by atoms with Gasteiger partial charge in [-0.2, -0.15) is 0 Å². The maximum absolute atomic E-state index is 6.03. The van der Waals surface area contributed by atoms with Gasteiger partial charge < -0.3 is 14.8 Å². The fourth-order valence-electron chi connectivity index (χ4n) is 3.58. The van der Waals surface area contributed by atoms with E-state index in [1.807, 2.05) is 30.3 Å². The van der Waals surface area contributed by atoms with E-state index in [2.05, 4.69) is 52.1 Å². The summed E-state index contributed by atoms with van der Waals surface area (Å²) >= 11 is 6.03. The summed E-state index contributed by atoms with van der Waals surface area (Å²) in [5, 5.41) is 3.12. The van der Waals surface area contributed by atoms with E-state index < -0.39 is 0 Å². The van der Waals surface area contributed by atoms with Crippen molar-refractivity contribution >= 4 is 11.6 Å². The third-order valence-electron chi connectivity index (χ3n) is 4.39. The lowest BCUT2D eigenvalue weighted by molar-refractivity contribution is -0.737. The predicted molar refractivity (Wildman–Crippen MR) is 113 cm³/mol. The maximum Gasteiger partial charge on any atom is 0.161 e. The first kappa shape index (κ1) is 21.6. The summed E-state index contributed by atoms with van der Waals surface area (Å²) < 4.78 is 11.5. The van der Waals surface area contributed by atoms with Crippen molar-refractivity contribution in [1.82, 2.24) is 0 Å². The van der Waals surface area contributed by atoms with Gasteiger partial charge in [0.2, 0.25) is 0 Å². The lowest BCUT2D eigenvalue weighted by atomic mass is 9.82. The second-order valence-electron chi connectivity index (χ2n) is 9.04. The lowest BCUT2D eigenvalue weighted by Gasteiger charge is -2.30. The molecule has 2 aromatic carbocycles. The molecule has 4 heteroatoms. The predicted octanol–water partition coefficient (Wildman–Crippen LogP) is 5.21. The summed E-state index contributed by atoms with van der Waals surface area (Å²) in [6, 6.07) is 13.9. The van der Waals surface area contributed by atoms with E-state index in [4.69, 9.17) is 21.1 Å². The molecular formula is C23H33ClNO2+. The van der Waals surface area contributed by atoms with Crippen LogP contribution in [0.3, 0.4) is 0 Å². The lowest BCUT2D eigenvalue weighted by Crippen LogP contribution is -2.94. The Hall–Kier alpha value is -1.71. The van der Waals surface area contributed by atoms with Crippen LogP contribution in [-0.4, -0.2) is 12.6 Å². The minimum atomic E-state index is 0.188. The van der Waals surface area contributed by atoms with E-state index in [1.54, 1.807) is 7.11 Å². The van der Waals surface area contributed by atoms with Crippen molar-refractivity contribution in [3.8, 4) is 11.5 Å². The Morgan fingerprint density at radius 3 is 2.30 bits per heavy atom. The number of hydrogen-bond acceptors (Lipinski definition) is 2. The van der Waals surface area contributed by atoms with Gasteiger partial charge in [-0.1, -0.05) is 44.5 Å². The van der Waals surface area contributed by atoms with Gasteiger partial charge in [-0.05, 0) is 55.2 Å². The molecule has 0 aliphatic rings. The van der Waals surface area contributed by atoms with Crippen LogP contribution >= 0.6 is 11.6 Å². The van der Waals surface area contributed by atoms with E-state index in [0.29, 0.717) is 17.0 Å². The van der Waals surface area contributed by atoms with Crippen molar-refractivity contribution in [1.29, 1.82) is 0 Å². The van der Waals surface area contributed by atoms with Crippen molar-refractivity contribution in [3.63, 3.8) is 0 Å². The van der Waals surface area contributed by atoms with Gasteiger partial charge >= 0.3 is 0 Å². The van der Waals surface area contributed by atoms with Gasteiger partial charge in [0.25, 0.3) is 0 Å². The first-order valence-electron chi connectivity index (χ1n) is 9.46. The molecule has 0 saturated heterocycles. The van der Waals surface area contributed by atoms with Crippen LogP contribution in [0.4, 0.5) is 0 Å². The summed E-state index contributed by atoms with van der Waals surface area (Å²) in [4.78, 5) is 0.